The first-order valence-electron chi connectivity index (χ1n) is 5.53. The maximum Gasteiger partial charge on any atom is 0.333 e. The van der Waals surface area contributed by atoms with Crippen molar-refractivity contribution < 1.29 is 19.0 Å². The van der Waals surface area contributed by atoms with Gasteiger partial charge in [0.25, 0.3) is 0 Å². The summed E-state index contributed by atoms with van der Waals surface area (Å²) in [5, 5.41) is 9.14. The molecule has 2 rings (SSSR count). The fraction of sp³-hybridized carbons (Fsp3) is 0.462. The molecule has 0 radical (unpaired) electrons. The maximum absolute atomic E-state index is 13.2. The smallest absolute Gasteiger partial charge is 0.333 e. The molecule has 1 aromatic carbocycles. The molecule has 1 aliphatic rings. The molecule has 92 valence electrons. The number of rotatable bonds is 4. The van der Waals surface area contributed by atoms with Crippen molar-refractivity contribution in [2.24, 2.45) is 0 Å². The van der Waals surface area contributed by atoms with Gasteiger partial charge in [0.2, 0.25) is 0 Å². The van der Waals surface area contributed by atoms with Crippen LogP contribution in [0, 0.1) is 12.7 Å². The Kier molecular flexibility index (Phi) is 2.91. The highest BCUT2D eigenvalue weighted by Gasteiger charge is 2.54. The predicted molar refractivity (Wildman–Crippen MR) is 60.5 cm³/mol. The van der Waals surface area contributed by atoms with Crippen LogP contribution in [0.25, 0.3) is 0 Å². The molecule has 0 bridgehead atoms. The van der Waals surface area contributed by atoms with Crippen molar-refractivity contribution in [2.75, 3.05) is 7.11 Å². The van der Waals surface area contributed by atoms with Crippen LogP contribution in [-0.4, -0.2) is 24.3 Å². The van der Waals surface area contributed by atoms with E-state index in [9.17, 15) is 9.18 Å². The summed E-state index contributed by atoms with van der Waals surface area (Å²) in [6.45, 7) is 1.68. The molecule has 1 N–H and O–H groups in total. The number of aliphatic carboxylic acids is 1. The van der Waals surface area contributed by atoms with Gasteiger partial charge in [0, 0.05) is 12.5 Å². The average molecular weight is 238 g/mol. The van der Waals surface area contributed by atoms with Crippen molar-refractivity contribution in [1.29, 1.82) is 0 Å². The molecule has 1 unspecified atom stereocenters. The third kappa shape index (κ3) is 1.93. The van der Waals surface area contributed by atoms with Crippen LogP contribution in [0.2, 0.25) is 0 Å². The summed E-state index contributed by atoms with van der Waals surface area (Å²) in [6.07, 6.45) is 0.679. The molecule has 0 aromatic heterocycles. The van der Waals surface area contributed by atoms with Gasteiger partial charge in [0.05, 0.1) is 0 Å². The van der Waals surface area contributed by atoms with Gasteiger partial charge in [0.1, 0.15) is 5.82 Å². The summed E-state index contributed by atoms with van der Waals surface area (Å²) in [5.41, 5.74) is 0.915. The van der Waals surface area contributed by atoms with Crippen molar-refractivity contribution in [3.63, 3.8) is 0 Å². The zero-order valence-corrected chi connectivity index (χ0v) is 9.87. The summed E-state index contributed by atoms with van der Waals surface area (Å²) < 4.78 is 18.3. The lowest BCUT2D eigenvalue weighted by Gasteiger charge is -2.23. The summed E-state index contributed by atoms with van der Waals surface area (Å²) in [6, 6.07) is 4.76. The van der Waals surface area contributed by atoms with Gasteiger partial charge in [0.15, 0.2) is 6.10 Å². The SMILES string of the molecule is COC(C(=O)O)C1(c2ccc(F)c(C)c2)CC1. The Bertz CT molecular complexity index is 452. The summed E-state index contributed by atoms with van der Waals surface area (Å²) >= 11 is 0. The van der Waals surface area contributed by atoms with Crippen LogP contribution in [0.5, 0.6) is 0 Å². The Labute approximate surface area is 99.2 Å². The Hall–Kier alpha value is -1.42. The summed E-state index contributed by atoms with van der Waals surface area (Å²) in [4.78, 5) is 11.1. The van der Waals surface area contributed by atoms with E-state index in [0.29, 0.717) is 5.56 Å². The number of carboxylic acid groups (broad SMARTS) is 1. The van der Waals surface area contributed by atoms with E-state index >= 15 is 0 Å². The molecule has 17 heavy (non-hydrogen) atoms. The van der Waals surface area contributed by atoms with E-state index in [1.165, 1.54) is 13.2 Å². The van der Waals surface area contributed by atoms with Crippen LogP contribution in [0.3, 0.4) is 0 Å². The highest BCUT2D eigenvalue weighted by molar-refractivity contribution is 5.76. The van der Waals surface area contributed by atoms with Crippen LogP contribution in [0.4, 0.5) is 4.39 Å². The van der Waals surface area contributed by atoms with E-state index in [4.69, 9.17) is 9.84 Å². The molecule has 1 atom stereocenters. The van der Waals surface area contributed by atoms with E-state index < -0.39 is 17.5 Å². The Morgan fingerprint density at radius 3 is 2.59 bits per heavy atom. The number of aryl methyl sites for hydroxylation is 1. The normalized spacial score (nSPS) is 18.8. The zero-order chi connectivity index (χ0) is 12.6. The fourth-order valence-electron chi connectivity index (χ4n) is 2.35. The molecule has 0 heterocycles. The molecule has 0 aliphatic heterocycles. The molecule has 1 saturated carbocycles. The summed E-state index contributed by atoms with van der Waals surface area (Å²) in [5.74, 6) is -1.24. The van der Waals surface area contributed by atoms with Crippen LogP contribution in [-0.2, 0) is 14.9 Å². The molecule has 0 spiro atoms. The first kappa shape index (κ1) is 12.0. The van der Waals surface area contributed by atoms with Gasteiger partial charge in [-0.3, -0.25) is 0 Å². The largest absolute Gasteiger partial charge is 0.479 e. The third-order valence-corrected chi connectivity index (χ3v) is 3.48. The van der Waals surface area contributed by atoms with E-state index in [1.807, 2.05) is 0 Å². The van der Waals surface area contributed by atoms with E-state index in [0.717, 1.165) is 18.4 Å². The van der Waals surface area contributed by atoms with Crippen LogP contribution < -0.4 is 0 Å². The minimum Gasteiger partial charge on any atom is -0.479 e. The second-order valence-electron chi connectivity index (χ2n) is 4.57. The van der Waals surface area contributed by atoms with Gasteiger partial charge < -0.3 is 9.84 Å². The zero-order valence-electron chi connectivity index (χ0n) is 9.87. The number of hydrogen-bond donors (Lipinski definition) is 1. The molecule has 0 amide bonds. The second-order valence-corrected chi connectivity index (χ2v) is 4.57. The molecule has 1 aromatic rings. The number of carboxylic acids is 1. The maximum atomic E-state index is 13.2. The topological polar surface area (TPSA) is 46.5 Å². The standard InChI is InChI=1S/C13H15FO3/c1-8-7-9(3-4-10(8)14)13(5-6-13)11(17-2)12(15)16/h3-4,7,11H,5-6H2,1-2H3,(H,15,16). The van der Waals surface area contributed by atoms with E-state index in [-0.39, 0.29) is 5.82 Å². The fourth-order valence-corrected chi connectivity index (χ4v) is 2.35. The number of carbonyl (C=O) groups is 1. The van der Waals surface area contributed by atoms with Crippen LogP contribution in [0.15, 0.2) is 18.2 Å². The van der Waals surface area contributed by atoms with Crippen LogP contribution in [0.1, 0.15) is 24.0 Å². The first-order valence-corrected chi connectivity index (χ1v) is 5.53. The third-order valence-electron chi connectivity index (χ3n) is 3.48. The van der Waals surface area contributed by atoms with Gasteiger partial charge in [-0.15, -0.1) is 0 Å². The van der Waals surface area contributed by atoms with Gasteiger partial charge in [-0.25, -0.2) is 9.18 Å². The van der Waals surface area contributed by atoms with Gasteiger partial charge >= 0.3 is 5.97 Å². The van der Waals surface area contributed by atoms with Crippen molar-refractivity contribution in [3.05, 3.63) is 35.1 Å². The quantitative estimate of drug-likeness (QED) is 0.875. The monoisotopic (exact) mass is 238 g/mol. The Morgan fingerprint density at radius 1 is 1.53 bits per heavy atom. The molecule has 0 saturated heterocycles. The highest BCUT2D eigenvalue weighted by Crippen LogP contribution is 2.52. The number of benzene rings is 1. The minimum absolute atomic E-state index is 0.270. The molecule has 4 heteroatoms. The van der Waals surface area contributed by atoms with E-state index in [1.54, 1.807) is 19.1 Å². The lowest BCUT2D eigenvalue weighted by molar-refractivity contribution is -0.150. The Balaban J connectivity index is 2.38. The molecular weight excluding hydrogens is 223 g/mol. The van der Waals surface area contributed by atoms with Crippen molar-refractivity contribution in [2.45, 2.75) is 31.3 Å². The number of hydrogen-bond acceptors (Lipinski definition) is 2. The van der Waals surface area contributed by atoms with Crippen molar-refractivity contribution in [3.8, 4) is 0 Å². The molecule has 1 aliphatic carbocycles. The van der Waals surface area contributed by atoms with E-state index in [2.05, 4.69) is 0 Å². The van der Waals surface area contributed by atoms with Gasteiger partial charge in [-0.05, 0) is 37.0 Å². The molecular formula is C13H15FO3. The van der Waals surface area contributed by atoms with Crippen molar-refractivity contribution in [1.82, 2.24) is 0 Å². The molecule has 1 fully saturated rings. The second kappa shape index (κ2) is 4.11. The van der Waals surface area contributed by atoms with Gasteiger partial charge in [-0.1, -0.05) is 12.1 Å². The number of ether oxygens (including phenoxy) is 1. The minimum atomic E-state index is -0.966. The lowest BCUT2D eigenvalue weighted by Crippen LogP contribution is -2.35. The van der Waals surface area contributed by atoms with Gasteiger partial charge in [-0.2, -0.15) is 0 Å². The number of halogens is 1. The average Bonchev–Trinajstić information content (AvgIpc) is 3.04. The first-order chi connectivity index (χ1) is 8.01. The molecule has 3 nitrogen and oxygen atoms in total. The van der Waals surface area contributed by atoms with Crippen LogP contribution >= 0.6 is 0 Å². The predicted octanol–water partition coefficient (Wildman–Crippen LogP) is 2.27. The summed E-state index contributed by atoms with van der Waals surface area (Å²) in [7, 11) is 1.40. The lowest BCUT2D eigenvalue weighted by atomic mass is 9.89. The van der Waals surface area contributed by atoms with Crippen molar-refractivity contribution >= 4 is 5.97 Å². The Morgan fingerprint density at radius 2 is 2.18 bits per heavy atom. The number of methoxy groups -OCH3 is 1. The highest BCUT2D eigenvalue weighted by atomic mass is 19.1.